The molecule has 2 heterocycles. The highest BCUT2D eigenvalue weighted by Gasteiger charge is 2.51. The first-order valence-electron chi connectivity index (χ1n) is 9.67. The van der Waals surface area contributed by atoms with Gasteiger partial charge < -0.3 is 4.74 Å². The molecule has 128 valence electrons. The van der Waals surface area contributed by atoms with Crippen molar-refractivity contribution in [1.29, 1.82) is 0 Å². The van der Waals surface area contributed by atoms with Crippen LogP contribution in [0, 0.1) is 17.8 Å². The Hall–Kier alpha value is -1.61. The zero-order chi connectivity index (χ0) is 16.4. The summed E-state index contributed by atoms with van der Waals surface area (Å²) in [6, 6.07) is 12.9. The third kappa shape index (κ3) is 2.25. The van der Waals surface area contributed by atoms with Gasteiger partial charge in [-0.05, 0) is 73.8 Å². The fourth-order valence-electron chi connectivity index (χ4n) is 6.31. The van der Waals surface area contributed by atoms with Gasteiger partial charge in [-0.25, -0.2) is 4.99 Å². The Morgan fingerprint density at radius 2 is 1.64 bits per heavy atom. The van der Waals surface area contributed by atoms with Crippen LogP contribution < -0.4 is 0 Å². The van der Waals surface area contributed by atoms with Gasteiger partial charge in [0.2, 0.25) is 5.90 Å². The van der Waals surface area contributed by atoms with Crippen LogP contribution in [0.5, 0.6) is 0 Å². The van der Waals surface area contributed by atoms with Crippen molar-refractivity contribution in [3.8, 4) is 0 Å². The molecule has 1 unspecified atom stereocenters. The third-order valence-electron chi connectivity index (χ3n) is 6.85. The topological polar surface area (TPSA) is 21.6 Å². The molecule has 7 rings (SSSR count). The van der Waals surface area contributed by atoms with E-state index in [-0.39, 0.29) is 11.6 Å². The molecule has 1 aromatic carbocycles. The standard InChI is InChI=1S/C22H23NOS/c1-2-5-18-17(4-1)20(19-6-3-7-25-19)24-21(18)23-22-11-14-8-15(12-22)10-16(9-14)13-22/h1-7,14-16,20H,8-13H2. The minimum absolute atomic E-state index is 0.0314. The van der Waals surface area contributed by atoms with Crippen LogP contribution in [0.25, 0.3) is 0 Å². The molecule has 1 atom stereocenters. The Kier molecular flexibility index (Phi) is 3.03. The Morgan fingerprint density at radius 1 is 0.920 bits per heavy atom. The first-order chi connectivity index (χ1) is 12.3. The van der Waals surface area contributed by atoms with Gasteiger partial charge in [-0.2, -0.15) is 0 Å². The maximum Gasteiger partial charge on any atom is 0.218 e. The minimum Gasteiger partial charge on any atom is -0.463 e. The quantitative estimate of drug-likeness (QED) is 0.693. The maximum absolute atomic E-state index is 6.48. The normalized spacial score (nSPS) is 39.6. The van der Waals surface area contributed by atoms with E-state index in [1.54, 1.807) is 11.3 Å². The van der Waals surface area contributed by atoms with Gasteiger partial charge in [0, 0.05) is 16.0 Å². The molecule has 4 aliphatic carbocycles. The van der Waals surface area contributed by atoms with Crippen molar-refractivity contribution in [3.05, 3.63) is 57.8 Å². The summed E-state index contributed by atoms with van der Waals surface area (Å²) in [5.41, 5.74) is 2.67. The van der Waals surface area contributed by atoms with Gasteiger partial charge >= 0.3 is 0 Å². The van der Waals surface area contributed by atoms with Crippen LogP contribution >= 0.6 is 11.3 Å². The zero-order valence-corrected chi connectivity index (χ0v) is 15.2. The van der Waals surface area contributed by atoms with E-state index < -0.39 is 0 Å². The van der Waals surface area contributed by atoms with Crippen LogP contribution in [0.3, 0.4) is 0 Å². The largest absolute Gasteiger partial charge is 0.463 e. The number of aliphatic imine (C=N–C) groups is 1. The number of ether oxygens (including phenoxy) is 1. The van der Waals surface area contributed by atoms with Crippen molar-refractivity contribution >= 4 is 17.2 Å². The van der Waals surface area contributed by atoms with E-state index in [0.29, 0.717) is 0 Å². The number of benzene rings is 1. The number of nitrogens with zero attached hydrogens (tertiary/aromatic N) is 1. The van der Waals surface area contributed by atoms with Crippen LogP contribution in [0.2, 0.25) is 0 Å². The van der Waals surface area contributed by atoms with E-state index in [0.717, 1.165) is 23.7 Å². The van der Waals surface area contributed by atoms with Crippen molar-refractivity contribution in [2.75, 3.05) is 0 Å². The van der Waals surface area contributed by atoms with Gasteiger partial charge in [0.1, 0.15) is 0 Å². The Morgan fingerprint density at radius 3 is 2.32 bits per heavy atom. The summed E-state index contributed by atoms with van der Waals surface area (Å²) < 4.78 is 6.48. The number of hydrogen-bond acceptors (Lipinski definition) is 3. The first-order valence-corrected chi connectivity index (χ1v) is 10.6. The van der Waals surface area contributed by atoms with Crippen LogP contribution in [0.4, 0.5) is 0 Å². The lowest BCUT2D eigenvalue weighted by Gasteiger charge is -2.54. The van der Waals surface area contributed by atoms with Crippen molar-refractivity contribution in [1.82, 2.24) is 0 Å². The number of thiophene rings is 1. The van der Waals surface area contributed by atoms with E-state index in [1.807, 2.05) is 0 Å². The Bertz CT molecular complexity index is 802. The van der Waals surface area contributed by atoms with Gasteiger partial charge in [0.05, 0.1) is 5.54 Å². The molecule has 0 saturated heterocycles. The fraction of sp³-hybridized carbons (Fsp3) is 0.500. The molecule has 25 heavy (non-hydrogen) atoms. The van der Waals surface area contributed by atoms with E-state index in [9.17, 15) is 0 Å². The summed E-state index contributed by atoms with van der Waals surface area (Å²) in [5, 5.41) is 2.13. The summed E-state index contributed by atoms with van der Waals surface area (Å²) in [7, 11) is 0. The third-order valence-corrected chi connectivity index (χ3v) is 7.76. The van der Waals surface area contributed by atoms with E-state index >= 15 is 0 Å². The summed E-state index contributed by atoms with van der Waals surface area (Å²) in [5.74, 6) is 3.66. The Labute approximate surface area is 152 Å². The summed E-state index contributed by atoms with van der Waals surface area (Å²) >= 11 is 1.78. The lowest BCUT2D eigenvalue weighted by atomic mass is 9.53. The highest BCUT2D eigenvalue weighted by Crippen LogP contribution is 2.57. The summed E-state index contributed by atoms with van der Waals surface area (Å²) in [6.07, 6.45) is 8.27. The molecule has 1 aromatic heterocycles. The molecule has 4 saturated carbocycles. The molecular weight excluding hydrogens is 326 g/mol. The van der Waals surface area contributed by atoms with Gasteiger partial charge in [-0.15, -0.1) is 11.3 Å². The highest BCUT2D eigenvalue weighted by molar-refractivity contribution is 7.10. The minimum atomic E-state index is 0.0314. The maximum atomic E-state index is 6.48. The van der Waals surface area contributed by atoms with Gasteiger partial charge in [0.25, 0.3) is 0 Å². The smallest absolute Gasteiger partial charge is 0.218 e. The predicted octanol–water partition coefficient (Wildman–Crippen LogP) is 5.58. The van der Waals surface area contributed by atoms with Crippen LogP contribution in [-0.4, -0.2) is 11.4 Å². The van der Waals surface area contributed by atoms with E-state index in [4.69, 9.17) is 9.73 Å². The van der Waals surface area contributed by atoms with Crippen molar-refractivity contribution in [3.63, 3.8) is 0 Å². The highest BCUT2D eigenvalue weighted by atomic mass is 32.1. The number of fused-ring (bicyclic) bond motifs is 1. The molecule has 3 heteroatoms. The van der Waals surface area contributed by atoms with Crippen LogP contribution in [0.1, 0.15) is 60.6 Å². The summed E-state index contributed by atoms with van der Waals surface area (Å²) in [4.78, 5) is 6.65. The second kappa shape index (κ2) is 5.20. The molecule has 0 amide bonds. The van der Waals surface area contributed by atoms with E-state index in [2.05, 4.69) is 41.8 Å². The molecule has 1 aliphatic heterocycles. The average molecular weight is 349 g/mol. The Balaban J connectivity index is 1.42. The lowest BCUT2D eigenvalue weighted by molar-refractivity contribution is 0.000480. The number of hydrogen-bond donors (Lipinski definition) is 0. The van der Waals surface area contributed by atoms with Gasteiger partial charge in [0.15, 0.2) is 6.10 Å². The monoisotopic (exact) mass is 349 g/mol. The SMILES string of the molecule is c1csc(C2OC(=NC34CC5CC(CC(C5)C3)C4)c3ccccc32)c1. The molecule has 0 N–H and O–H groups in total. The van der Waals surface area contributed by atoms with Gasteiger partial charge in [-0.1, -0.05) is 24.3 Å². The molecular formula is C22H23NOS. The molecule has 0 radical (unpaired) electrons. The average Bonchev–Trinajstić information content (AvgIpc) is 3.22. The molecule has 2 nitrogen and oxygen atoms in total. The molecule has 4 bridgehead atoms. The molecule has 5 aliphatic rings. The first kappa shape index (κ1) is 14.5. The molecule has 2 aromatic rings. The van der Waals surface area contributed by atoms with Crippen LogP contribution in [-0.2, 0) is 4.74 Å². The lowest BCUT2D eigenvalue weighted by Crippen LogP contribution is -2.49. The van der Waals surface area contributed by atoms with Gasteiger partial charge in [-0.3, -0.25) is 0 Å². The summed E-state index contributed by atoms with van der Waals surface area (Å²) in [6.45, 7) is 0. The predicted molar refractivity (Wildman–Crippen MR) is 101 cm³/mol. The van der Waals surface area contributed by atoms with Crippen molar-refractivity contribution in [2.45, 2.75) is 50.2 Å². The molecule has 4 fully saturated rings. The van der Waals surface area contributed by atoms with Crippen LogP contribution in [0.15, 0.2) is 46.8 Å². The van der Waals surface area contributed by atoms with Crippen molar-refractivity contribution in [2.24, 2.45) is 22.7 Å². The van der Waals surface area contributed by atoms with Crippen molar-refractivity contribution < 1.29 is 4.74 Å². The zero-order valence-electron chi connectivity index (χ0n) is 14.4. The second-order valence-electron chi connectivity index (χ2n) is 8.66. The second-order valence-corrected chi connectivity index (χ2v) is 9.64. The molecule has 0 spiro atoms. The fourth-order valence-corrected chi connectivity index (χ4v) is 7.08. The van der Waals surface area contributed by atoms with E-state index in [1.165, 1.54) is 54.5 Å². The number of rotatable bonds is 2.